The molecule has 8 unspecified atom stereocenters. The van der Waals surface area contributed by atoms with E-state index in [9.17, 15) is 19.8 Å². The molecule has 20 atom stereocenters. The largest absolute Gasteiger partial charge is 0.481 e. The Balaban J connectivity index is 1.36. The van der Waals surface area contributed by atoms with Crippen molar-refractivity contribution in [1.82, 2.24) is 0 Å². The number of carboxylic acids is 2. The standard InChI is InChI=1S/C24H20O8/c1-29-19-11-5-6-12(19)22-8-4-3-7(17(8,19)15(25)26)21(11)23(31-21)9(3)18(16(27)28)10(4)24(22,32-22)14(6)20(18,30-2)13(5)23/h3-14H,1-2H3,(H,25,26)(H,27,28)/t3?,4?,5?,6?,7-,8+,9+,10-,11-,12-,13-,14+,17?,18?,19?,20?,21+,22-,23-,24+/m1/s1. The van der Waals surface area contributed by atoms with E-state index in [1.165, 1.54) is 0 Å². The molecule has 0 radical (unpaired) electrons. The van der Waals surface area contributed by atoms with Crippen LogP contribution < -0.4 is 0 Å². The molecule has 2 N–H and O–H groups in total. The van der Waals surface area contributed by atoms with Gasteiger partial charge in [-0.15, -0.1) is 0 Å². The van der Waals surface area contributed by atoms with Crippen LogP contribution in [0.5, 0.6) is 0 Å². The van der Waals surface area contributed by atoms with E-state index in [0.717, 1.165) is 0 Å². The highest BCUT2D eigenvalue weighted by Crippen LogP contribution is 3.16. The fraction of sp³-hybridized carbons (Fsp3) is 0.917. The van der Waals surface area contributed by atoms with Crippen molar-refractivity contribution in [3.63, 3.8) is 0 Å². The number of carboxylic acid groups (broad SMARTS) is 2. The number of aliphatic carboxylic acids is 2. The summed E-state index contributed by atoms with van der Waals surface area (Å²) in [6.45, 7) is 0. The summed E-state index contributed by atoms with van der Waals surface area (Å²) in [7, 11) is 3.49. The lowest BCUT2D eigenvalue weighted by Crippen LogP contribution is -2.61. The normalized spacial score (nSPS) is 92.3. The van der Waals surface area contributed by atoms with Gasteiger partial charge < -0.3 is 29.2 Å². The Morgan fingerprint density at radius 3 is 1.12 bits per heavy atom. The summed E-state index contributed by atoms with van der Waals surface area (Å²) in [5, 5.41) is 22.3. The molecule has 8 nitrogen and oxygen atoms in total. The summed E-state index contributed by atoms with van der Waals surface area (Å²) in [5.74, 6) is -1.16. The van der Waals surface area contributed by atoms with Gasteiger partial charge in [-0.05, 0) is 23.7 Å². The summed E-state index contributed by atoms with van der Waals surface area (Å²) < 4.78 is 27.1. The molecule has 14 fully saturated rings. The number of hydrogen-bond acceptors (Lipinski definition) is 6. The van der Waals surface area contributed by atoms with Crippen molar-refractivity contribution in [2.45, 2.75) is 33.6 Å². The van der Waals surface area contributed by atoms with Gasteiger partial charge in [0.1, 0.15) is 33.2 Å². The Morgan fingerprint density at radius 2 is 0.875 bits per heavy atom. The van der Waals surface area contributed by atoms with Gasteiger partial charge in [-0.25, -0.2) is 0 Å². The molecule has 0 aromatic rings. The zero-order chi connectivity index (χ0) is 20.9. The molecule has 14 aliphatic rings. The lowest BCUT2D eigenvalue weighted by atomic mass is 9.59. The summed E-state index contributed by atoms with van der Waals surface area (Å²) in [4.78, 5) is 27.1. The first-order chi connectivity index (χ1) is 15.4. The van der Waals surface area contributed by atoms with Crippen molar-refractivity contribution in [3.8, 4) is 0 Å². The third kappa shape index (κ3) is 0.574. The highest BCUT2D eigenvalue weighted by Gasteiger charge is 3.28. The number of carbonyl (C=O) groups is 2. The highest BCUT2D eigenvalue weighted by molar-refractivity contribution is 5.93. The number of ether oxygens (including phenoxy) is 4. The molecule has 12 saturated carbocycles. The number of rotatable bonds is 4. The highest BCUT2D eigenvalue weighted by atomic mass is 16.7. The van der Waals surface area contributed by atoms with Gasteiger partial charge in [-0.1, -0.05) is 0 Å². The summed E-state index contributed by atoms with van der Waals surface area (Å²) in [6, 6.07) is 0. The van der Waals surface area contributed by atoms with Crippen molar-refractivity contribution >= 4 is 11.9 Å². The van der Waals surface area contributed by atoms with E-state index >= 15 is 0 Å². The molecule has 0 aromatic heterocycles. The molecule has 2 aliphatic heterocycles. The molecule has 4 spiro atoms. The zero-order valence-corrected chi connectivity index (χ0v) is 17.3. The van der Waals surface area contributed by atoms with E-state index < -0.39 is 56.4 Å². The molecule has 12 aliphatic carbocycles. The van der Waals surface area contributed by atoms with Gasteiger partial charge in [0.15, 0.2) is 0 Å². The maximum Gasteiger partial charge on any atom is 0.313 e. The fourth-order valence-corrected chi connectivity index (χ4v) is 18.0. The van der Waals surface area contributed by atoms with Crippen LogP contribution in [0.3, 0.4) is 0 Å². The van der Waals surface area contributed by atoms with Crippen molar-refractivity contribution in [3.05, 3.63) is 0 Å². The second-order valence-corrected chi connectivity index (χ2v) is 13.9. The maximum atomic E-state index is 13.6. The van der Waals surface area contributed by atoms with Gasteiger partial charge in [-0.3, -0.25) is 9.59 Å². The van der Waals surface area contributed by atoms with Crippen LogP contribution in [0, 0.1) is 81.8 Å². The summed E-state index contributed by atoms with van der Waals surface area (Å²) in [6.07, 6.45) is 0. The Labute approximate surface area is 180 Å². The third-order valence-electron chi connectivity index (χ3n) is 16.0. The number of hydrogen-bond donors (Lipinski definition) is 2. The van der Waals surface area contributed by atoms with E-state index in [4.69, 9.17) is 18.9 Å². The molecule has 164 valence electrons. The first-order valence-corrected chi connectivity index (χ1v) is 12.3. The van der Waals surface area contributed by atoms with Crippen LogP contribution in [0.4, 0.5) is 0 Å². The monoisotopic (exact) mass is 436 g/mol. The van der Waals surface area contributed by atoms with Crippen LogP contribution in [0.2, 0.25) is 0 Å². The van der Waals surface area contributed by atoms with Crippen LogP contribution in [0.25, 0.3) is 0 Å². The molecular weight excluding hydrogens is 416 g/mol. The maximum absolute atomic E-state index is 13.6. The van der Waals surface area contributed by atoms with E-state index in [1.54, 1.807) is 14.2 Å². The molecule has 2 heterocycles. The fourth-order valence-electron chi connectivity index (χ4n) is 18.0. The Hall–Kier alpha value is -1.22. The smallest absolute Gasteiger partial charge is 0.313 e. The second-order valence-electron chi connectivity index (χ2n) is 13.9. The van der Waals surface area contributed by atoms with Crippen molar-refractivity contribution in [1.29, 1.82) is 0 Å². The Kier molecular flexibility index (Phi) is 1.34. The Bertz CT molecular complexity index is 1170. The minimum absolute atomic E-state index is 0.0413. The Morgan fingerprint density at radius 1 is 0.594 bits per heavy atom. The molecule has 8 heteroatoms. The van der Waals surface area contributed by atoms with Gasteiger partial charge in [0.2, 0.25) is 0 Å². The van der Waals surface area contributed by atoms with Gasteiger partial charge >= 0.3 is 11.9 Å². The first kappa shape index (κ1) is 14.9. The average Bonchev–Trinajstić information content (AvgIpc) is 3.22. The number of epoxide rings is 2. The lowest BCUT2D eigenvalue weighted by molar-refractivity contribution is -0.198. The van der Waals surface area contributed by atoms with Gasteiger partial charge in [0, 0.05) is 61.6 Å². The predicted molar refractivity (Wildman–Crippen MR) is 94.6 cm³/mol. The van der Waals surface area contributed by atoms with Crippen molar-refractivity contribution < 1.29 is 38.7 Å². The van der Waals surface area contributed by atoms with E-state index in [-0.39, 0.29) is 71.0 Å². The van der Waals surface area contributed by atoms with Gasteiger partial charge in [0.05, 0.1) is 11.2 Å². The van der Waals surface area contributed by atoms with Crippen molar-refractivity contribution in [2.24, 2.45) is 81.8 Å². The minimum atomic E-state index is -0.989. The average molecular weight is 436 g/mol. The predicted octanol–water partition coefficient (Wildman–Crippen LogP) is -0.542. The van der Waals surface area contributed by atoms with Crippen LogP contribution in [0.1, 0.15) is 0 Å². The first-order valence-electron chi connectivity index (χ1n) is 12.3. The molecule has 2 saturated heterocycles. The summed E-state index contributed by atoms with van der Waals surface area (Å²) in [5.41, 5.74) is -5.52. The van der Waals surface area contributed by atoms with E-state index in [0.29, 0.717) is 0 Å². The van der Waals surface area contributed by atoms with Crippen LogP contribution in [-0.4, -0.2) is 70.0 Å². The third-order valence-corrected chi connectivity index (χ3v) is 16.0. The zero-order valence-electron chi connectivity index (χ0n) is 17.3. The molecular formula is C24H20O8. The molecule has 0 bridgehead atoms. The van der Waals surface area contributed by atoms with Gasteiger partial charge in [0.25, 0.3) is 0 Å². The quantitative estimate of drug-likeness (QED) is 0.564. The van der Waals surface area contributed by atoms with Crippen molar-refractivity contribution in [2.75, 3.05) is 14.2 Å². The molecule has 0 aromatic carbocycles. The summed E-state index contributed by atoms with van der Waals surface area (Å²) >= 11 is 0. The van der Waals surface area contributed by atoms with Gasteiger partial charge in [-0.2, -0.15) is 0 Å². The lowest BCUT2D eigenvalue weighted by Gasteiger charge is -2.48. The SMILES string of the molecule is COC12[C@H]3C4C5[C@@H]6C7(OC)[C@@H]4[C@]48O[C@]34[C@H]3C4C9[C@H](C31C(=O)O)[C@]1(O[C@]61[C@@H]9C7(C(=O)O)[C@@H]48)[C@@H]52. The topological polar surface area (TPSA) is 118 Å². The van der Waals surface area contributed by atoms with E-state index in [1.807, 2.05) is 0 Å². The second kappa shape index (κ2) is 2.87. The van der Waals surface area contributed by atoms with E-state index in [2.05, 4.69) is 0 Å². The minimum Gasteiger partial charge on any atom is -0.481 e. The van der Waals surface area contributed by atoms with Crippen LogP contribution in [-0.2, 0) is 28.5 Å². The number of methoxy groups -OCH3 is 2. The van der Waals surface area contributed by atoms with Crippen LogP contribution in [0.15, 0.2) is 0 Å². The molecule has 0 amide bonds. The molecule has 32 heavy (non-hydrogen) atoms. The molecule has 14 rings (SSSR count). The van der Waals surface area contributed by atoms with Crippen LogP contribution >= 0.6 is 0 Å².